The van der Waals surface area contributed by atoms with E-state index in [1.54, 1.807) is 0 Å². The van der Waals surface area contributed by atoms with Gasteiger partial charge in [0.05, 0.1) is 0 Å². The minimum absolute atomic E-state index is 0.318. The zero-order valence-corrected chi connectivity index (χ0v) is 12.1. The van der Waals surface area contributed by atoms with Crippen LogP contribution in [0.25, 0.3) is 0 Å². The normalized spacial score (nSPS) is 14.1. The second-order valence-electron chi connectivity index (χ2n) is 5.25. The molecule has 0 saturated carbocycles. The molecule has 0 bridgehead atoms. The molecule has 100 valence electrons. The van der Waals surface area contributed by atoms with Gasteiger partial charge in [-0.1, -0.05) is 23.8 Å². The van der Waals surface area contributed by atoms with Gasteiger partial charge >= 0.3 is 0 Å². The van der Waals surface area contributed by atoms with Crippen LogP contribution in [0.1, 0.15) is 48.2 Å². The van der Waals surface area contributed by atoms with Crippen molar-refractivity contribution in [3.8, 4) is 0 Å². The van der Waals surface area contributed by atoms with Crippen molar-refractivity contribution in [2.24, 2.45) is 0 Å². The number of nitrogens with one attached hydrogen (secondary N) is 1. The molecule has 2 aromatic rings. The van der Waals surface area contributed by atoms with Crippen LogP contribution in [0.4, 0.5) is 0 Å². The number of aromatic nitrogens is 1. The number of hydrogen-bond acceptors (Lipinski definition) is 2. The summed E-state index contributed by atoms with van der Waals surface area (Å²) in [6, 6.07) is 11.4. The van der Waals surface area contributed by atoms with Crippen LogP contribution >= 0.6 is 0 Å². The molecular formula is C17H22N2. The second kappa shape index (κ2) is 5.98. The lowest BCUT2D eigenvalue weighted by atomic mass is 9.99. The first-order valence-electron chi connectivity index (χ1n) is 6.81. The van der Waals surface area contributed by atoms with Gasteiger partial charge in [-0.25, -0.2) is 0 Å². The Bertz CT molecular complexity index is 534. The zero-order chi connectivity index (χ0) is 13.8. The van der Waals surface area contributed by atoms with Gasteiger partial charge in [-0.15, -0.1) is 0 Å². The van der Waals surface area contributed by atoms with E-state index in [4.69, 9.17) is 0 Å². The SMILES string of the molecule is Cc1ccc(C(C)N[C@H](C)c2ccncc2)c(C)c1. The van der Waals surface area contributed by atoms with Gasteiger partial charge in [0.2, 0.25) is 0 Å². The topological polar surface area (TPSA) is 24.9 Å². The minimum Gasteiger partial charge on any atom is -0.304 e. The van der Waals surface area contributed by atoms with Gasteiger partial charge in [0, 0.05) is 24.5 Å². The van der Waals surface area contributed by atoms with E-state index in [1.165, 1.54) is 22.3 Å². The molecule has 0 radical (unpaired) electrons. The Kier molecular flexibility index (Phi) is 4.33. The molecule has 0 aliphatic heterocycles. The molecule has 2 rings (SSSR count). The lowest BCUT2D eigenvalue weighted by Gasteiger charge is -2.22. The van der Waals surface area contributed by atoms with E-state index >= 15 is 0 Å². The van der Waals surface area contributed by atoms with Crippen molar-refractivity contribution in [3.05, 3.63) is 65.0 Å². The third kappa shape index (κ3) is 3.42. The van der Waals surface area contributed by atoms with Crippen molar-refractivity contribution < 1.29 is 0 Å². The summed E-state index contributed by atoms with van der Waals surface area (Å²) in [4.78, 5) is 4.06. The van der Waals surface area contributed by atoms with Crippen LogP contribution in [0, 0.1) is 13.8 Å². The quantitative estimate of drug-likeness (QED) is 0.888. The highest BCUT2D eigenvalue weighted by atomic mass is 14.9. The number of nitrogens with zero attached hydrogens (tertiary/aromatic N) is 1. The predicted molar refractivity (Wildman–Crippen MR) is 80.1 cm³/mol. The fourth-order valence-corrected chi connectivity index (χ4v) is 2.52. The molecule has 1 heterocycles. The Balaban J connectivity index is 2.10. The smallest absolute Gasteiger partial charge is 0.0300 e. The molecule has 1 aromatic heterocycles. The highest BCUT2D eigenvalue weighted by Crippen LogP contribution is 2.22. The Labute approximate surface area is 115 Å². The van der Waals surface area contributed by atoms with E-state index < -0.39 is 0 Å². The van der Waals surface area contributed by atoms with Crippen molar-refractivity contribution in [1.29, 1.82) is 0 Å². The van der Waals surface area contributed by atoms with E-state index in [0.717, 1.165) is 0 Å². The summed E-state index contributed by atoms with van der Waals surface area (Å²) in [5.41, 5.74) is 5.30. The van der Waals surface area contributed by atoms with E-state index in [0.29, 0.717) is 12.1 Å². The summed E-state index contributed by atoms with van der Waals surface area (Å²) in [5, 5.41) is 3.64. The minimum atomic E-state index is 0.318. The lowest BCUT2D eigenvalue weighted by Crippen LogP contribution is -2.23. The lowest BCUT2D eigenvalue weighted by molar-refractivity contribution is 0.493. The molecule has 0 fully saturated rings. The van der Waals surface area contributed by atoms with E-state index in [-0.39, 0.29) is 0 Å². The molecule has 0 aliphatic rings. The maximum absolute atomic E-state index is 4.06. The molecule has 0 amide bonds. The summed E-state index contributed by atoms with van der Waals surface area (Å²) < 4.78 is 0. The van der Waals surface area contributed by atoms with Crippen LogP contribution in [0.3, 0.4) is 0 Å². The summed E-state index contributed by atoms with van der Waals surface area (Å²) in [6.45, 7) is 8.72. The third-order valence-electron chi connectivity index (χ3n) is 3.60. The van der Waals surface area contributed by atoms with E-state index in [2.05, 4.69) is 68.3 Å². The maximum atomic E-state index is 4.06. The van der Waals surface area contributed by atoms with Crippen LogP contribution in [0.2, 0.25) is 0 Å². The third-order valence-corrected chi connectivity index (χ3v) is 3.60. The molecule has 1 N–H and O–H groups in total. The number of aryl methyl sites for hydroxylation is 2. The molecule has 2 heteroatoms. The van der Waals surface area contributed by atoms with Crippen molar-refractivity contribution in [1.82, 2.24) is 10.3 Å². The highest BCUT2D eigenvalue weighted by molar-refractivity contribution is 5.32. The molecule has 1 aromatic carbocycles. The largest absolute Gasteiger partial charge is 0.304 e. The first-order valence-corrected chi connectivity index (χ1v) is 6.81. The highest BCUT2D eigenvalue weighted by Gasteiger charge is 2.12. The summed E-state index contributed by atoms with van der Waals surface area (Å²) >= 11 is 0. The number of rotatable bonds is 4. The first-order chi connectivity index (χ1) is 9.08. The van der Waals surface area contributed by atoms with Crippen LogP contribution in [0.5, 0.6) is 0 Å². The molecule has 1 unspecified atom stereocenters. The fourth-order valence-electron chi connectivity index (χ4n) is 2.52. The molecule has 2 atom stereocenters. The van der Waals surface area contributed by atoms with Gasteiger partial charge in [0.1, 0.15) is 0 Å². The Morgan fingerprint density at radius 1 is 0.947 bits per heavy atom. The fraction of sp³-hybridized carbons (Fsp3) is 0.353. The predicted octanol–water partition coefficient (Wildman–Crippen LogP) is 4.11. The summed E-state index contributed by atoms with van der Waals surface area (Å²) in [5.74, 6) is 0. The maximum Gasteiger partial charge on any atom is 0.0300 e. The van der Waals surface area contributed by atoms with Gasteiger partial charge < -0.3 is 5.32 Å². The molecular weight excluding hydrogens is 232 g/mol. The van der Waals surface area contributed by atoms with Crippen molar-refractivity contribution in [2.75, 3.05) is 0 Å². The summed E-state index contributed by atoms with van der Waals surface area (Å²) in [6.07, 6.45) is 3.69. The molecule has 0 spiro atoms. The number of pyridine rings is 1. The van der Waals surface area contributed by atoms with Crippen LogP contribution in [-0.2, 0) is 0 Å². The van der Waals surface area contributed by atoms with Crippen molar-refractivity contribution in [3.63, 3.8) is 0 Å². The van der Waals surface area contributed by atoms with Gasteiger partial charge in [-0.05, 0) is 56.5 Å². The van der Waals surface area contributed by atoms with Gasteiger partial charge in [0.15, 0.2) is 0 Å². The second-order valence-corrected chi connectivity index (χ2v) is 5.25. The molecule has 0 saturated heterocycles. The Morgan fingerprint density at radius 2 is 1.63 bits per heavy atom. The van der Waals surface area contributed by atoms with Crippen LogP contribution in [0.15, 0.2) is 42.7 Å². The molecule has 2 nitrogen and oxygen atoms in total. The van der Waals surface area contributed by atoms with Gasteiger partial charge in [-0.3, -0.25) is 4.98 Å². The van der Waals surface area contributed by atoms with Crippen molar-refractivity contribution >= 4 is 0 Å². The molecule has 0 aliphatic carbocycles. The number of benzene rings is 1. The van der Waals surface area contributed by atoms with Gasteiger partial charge in [0.25, 0.3) is 0 Å². The van der Waals surface area contributed by atoms with Crippen LogP contribution in [-0.4, -0.2) is 4.98 Å². The molecule has 19 heavy (non-hydrogen) atoms. The van der Waals surface area contributed by atoms with E-state index in [9.17, 15) is 0 Å². The zero-order valence-electron chi connectivity index (χ0n) is 12.1. The average Bonchev–Trinajstić information content (AvgIpc) is 2.39. The Morgan fingerprint density at radius 3 is 2.26 bits per heavy atom. The average molecular weight is 254 g/mol. The Hall–Kier alpha value is -1.67. The van der Waals surface area contributed by atoms with E-state index in [1.807, 2.05) is 12.4 Å². The first kappa shape index (κ1) is 13.8. The van der Waals surface area contributed by atoms with Gasteiger partial charge in [-0.2, -0.15) is 0 Å². The van der Waals surface area contributed by atoms with Crippen molar-refractivity contribution in [2.45, 2.75) is 39.8 Å². The number of hydrogen-bond donors (Lipinski definition) is 1. The summed E-state index contributed by atoms with van der Waals surface area (Å²) in [7, 11) is 0. The monoisotopic (exact) mass is 254 g/mol. The standard InChI is InChI=1S/C17H22N2/c1-12-5-6-17(13(2)11-12)15(4)19-14(3)16-7-9-18-10-8-16/h5-11,14-15,19H,1-4H3/t14-,15?/m1/s1. The van der Waals surface area contributed by atoms with Crippen LogP contribution < -0.4 is 5.32 Å².